The smallest absolute Gasteiger partial charge is 0.265 e. The molecule has 0 atom stereocenters. The minimum absolute atomic E-state index is 0.0457. The molecule has 0 unspecified atom stereocenters. The van der Waals surface area contributed by atoms with Gasteiger partial charge in [-0.1, -0.05) is 0 Å². The van der Waals surface area contributed by atoms with Gasteiger partial charge in [-0.25, -0.2) is 0 Å². The van der Waals surface area contributed by atoms with Gasteiger partial charge >= 0.3 is 0 Å². The molecule has 2 rings (SSSR count). The van der Waals surface area contributed by atoms with Crippen LogP contribution in [0.3, 0.4) is 0 Å². The number of benzene rings is 1. The van der Waals surface area contributed by atoms with Crippen molar-refractivity contribution in [2.75, 3.05) is 23.8 Å². The van der Waals surface area contributed by atoms with Crippen LogP contribution in [0.25, 0.3) is 0 Å². The van der Waals surface area contributed by atoms with E-state index in [0.717, 1.165) is 0 Å². The Morgan fingerprint density at radius 3 is 2.80 bits per heavy atom. The van der Waals surface area contributed by atoms with Gasteiger partial charge in [0.1, 0.15) is 12.3 Å². The number of ether oxygens (including phenoxy) is 1. The van der Waals surface area contributed by atoms with E-state index >= 15 is 0 Å². The van der Waals surface area contributed by atoms with Crippen LogP contribution >= 0.6 is 0 Å². The molecule has 2 amide bonds. The summed E-state index contributed by atoms with van der Waals surface area (Å²) in [4.78, 5) is 25.3. The van der Waals surface area contributed by atoms with Gasteiger partial charge in [0, 0.05) is 11.2 Å². The largest absolute Gasteiger partial charge is 0.482 e. The lowest BCUT2D eigenvalue weighted by Gasteiger charge is -2.30. The molecular weight excluding hydrogens is 258 g/mol. The number of hydrogen-bond donors (Lipinski definition) is 2. The highest BCUT2D eigenvalue weighted by Gasteiger charge is 2.28. The van der Waals surface area contributed by atoms with Gasteiger partial charge in [0.2, 0.25) is 5.91 Å². The molecule has 6 nitrogen and oxygen atoms in total. The third kappa shape index (κ3) is 3.20. The Kier molecular flexibility index (Phi) is 3.57. The highest BCUT2D eigenvalue weighted by atomic mass is 16.5. The third-order valence-corrected chi connectivity index (χ3v) is 2.74. The molecule has 1 heterocycles. The van der Waals surface area contributed by atoms with Gasteiger partial charge in [0.05, 0.1) is 5.69 Å². The van der Waals surface area contributed by atoms with Crippen molar-refractivity contribution in [3.05, 3.63) is 18.2 Å². The van der Waals surface area contributed by atoms with Crippen molar-refractivity contribution < 1.29 is 14.3 Å². The first-order valence-corrected chi connectivity index (χ1v) is 6.40. The summed E-state index contributed by atoms with van der Waals surface area (Å²) in [6.45, 7) is 5.55. The fourth-order valence-electron chi connectivity index (χ4n) is 1.99. The predicted molar refractivity (Wildman–Crippen MR) is 76.6 cm³/mol. The maximum atomic E-state index is 12.0. The van der Waals surface area contributed by atoms with E-state index in [1.54, 1.807) is 18.2 Å². The predicted octanol–water partition coefficient (Wildman–Crippen LogP) is 0.909. The van der Waals surface area contributed by atoms with Gasteiger partial charge in [-0.15, -0.1) is 0 Å². The summed E-state index contributed by atoms with van der Waals surface area (Å²) in [7, 11) is 0. The molecule has 1 aromatic carbocycles. The summed E-state index contributed by atoms with van der Waals surface area (Å²) in [6, 6.07) is 5.03. The van der Waals surface area contributed by atoms with Crippen LogP contribution in [0, 0.1) is 0 Å². The lowest BCUT2D eigenvalue weighted by Crippen LogP contribution is -2.49. The highest BCUT2D eigenvalue weighted by Crippen LogP contribution is 2.33. The summed E-state index contributed by atoms with van der Waals surface area (Å²) < 4.78 is 5.32. The van der Waals surface area contributed by atoms with Gasteiger partial charge in [0.15, 0.2) is 6.61 Å². The van der Waals surface area contributed by atoms with E-state index in [1.807, 2.05) is 20.8 Å². The fourth-order valence-corrected chi connectivity index (χ4v) is 1.99. The number of nitrogens with one attached hydrogen (secondary N) is 1. The lowest BCUT2D eigenvalue weighted by atomic mass is 10.1. The Balaban J connectivity index is 2.21. The second-order valence-corrected chi connectivity index (χ2v) is 5.79. The van der Waals surface area contributed by atoms with Crippen LogP contribution in [-0.2, 0) is 9.59 Å². The number of anilines is 2. The number of nitrogens with zero attached hydrogens (tertiary/aromatic N) is 1. The van der Waals surface area contributed by atoms with Crippen molar-refractivity contribution in [3.63, 3.8) is 0 Å². The first-order valence-electron chi connectivity index (χ1n) is 6.40. The van der Waals surface area contributed by atoms with Crippen LogP contribution < -0.4 is 20.7 Å². The Hall–Kier alpha value is -2.24. The topological polar surface area (TPSA) is 84.7 Å². The van der Waals surface area contributed by atoms with Crippen LogP contribution in [0.2, 0.25) is 0 Å². The monoisotopic (exact) mass is 277 g/mol. The van der Waals surface area contributed by atoms with Gasteiger partial charge in [0.25, 0.3) is 5.91 Å². The minimum Gasteiger partial charge on any atom is -0.482 e. The summed E-state index contributed by atoms with van der Waals surface area (Å²) >= 11 is 0. The average molecular weight is 277 g/mol. The maximum absolute atomic E-state index is 12.0. The van der Waals surface area contributed by atoms with Gasteiger partial charge in [-0.05, 0) is 39.0 Å². The third-order valence-electron chi connectivity index (χ3n) is 2.74. The van der Waals surface area contributed by atoms with Crippen molar-refractivity contribution in [1.29, 1.82) is 0 Å². The lowest BCUT2D eigenvalue weighted by molar-refractivity contribution is -0.126. The average Bonchev–Trinajstić information content (AvgIpc) is 2.31. The molecule has 0 saturated heterocycles. The molecule has 0 bridgehead atoms. The zero-order chi connectivity index (χ0) is 14.9. The van der Waals surface area contributed by atoms with E-state index in [1.165, 1.54) is 4.90 Å². The number of fused-ring (bicyclic) bond motifs is 1. The van der Waals surface area contributed by atoms with Gasteiger partial charge < -0.3 is 15.8 Å². The summed E-state index contributed by atoms with van der Waals surface area (Å²) in [5, 5.41) is 2.83. The normalized spacial score (nSPS) is 14.6. The second-order valence-electron chi connectivity index (χ2n) is 5.79. The van der Waals surface area contributed by atoms with Crippen molar-refractivity contribution in [2.45, 2.75) is 26.3 Å². The fraction of sp³-hybridized carbons (Fsp3) is 0.429. The van der Waals surface area contributed by atoms with E-state index < -0.39 is 0 Å². The molecule has 0 radical (unpaired) electrons. The van der Waals surface area contributed by atoms with Crippen molar-refractivity contribution in [2.24, 2.45) is 0 Å². The van der Waals surface area contributed by atoms with E-state index in [4.69, 9.17) is 10.5 Å². The van der Waals surface area contributed by atoms with Crippen molar-refractivity contribution in [1.82, 2.24) is 5.32 Å². The molecule has 0 aromatic heterocycles. The molecule has 1 aliphatic rings. The quantitative estimate of drug-likeness (QED) is 0.787. The molecule has 0 saturated carbocycles. The molecule has 1 aliphatic heterocycles. The Morgan fingerprint density at radius 1 is 1.45 bits per heavy atom. The highest BCUT2D eigenvalue weighted by molar-refractivity contribution is 6.02. The zero-order valence-electron chi connectivity index (χ0n) is 11.9. The molecule has 1 aromatic rings. The van der Waals surface area contributed by atoms with Crippen molar-refractivity contribution in [3.8, 4) is 5.75 Å². The standard InChI is InChI=1S/C14H19N3O3/c1-14(2,3)16-12(18)7-17-10-6-9(15)4-5-11(10)20-8-13(17)19/h4-6H,7-8,15H2,1-3H3,(H,16,18). The zero-order valence-corrected chi connectivity index (χ0v) is 11.9. The first-order chi connectivity index (χ1) is 9.26. The Labute approximate surface area is 117 Å². The van der Waals surface area contributed by atoms with Crippen LogP contribution in [0.15, 0.2) is 18.2 Å². The van der Waals surface area contributed by atoms with Crippen LogP contribution in [0.5, 0.6) is 5.75 Å². The number of carbonyl (C=O) groups is 2. The molecule has 0 fully saturated rings. The van der Waals surface area contributed by atoms with E-state index in [0.29, 0.717) is 17.1 Å². The van der Waals surface area contributed by atoms with Crippen LogP contribution in [-0.4, -0.2) is 30.5 Å². The molecule has 108 valence electrons. The van der Waals surface area contributed by atoms with E-state index in [-0.39, 0.29) is 30.5 Å². The summed E-state index contributed by atoms with van der Waals surface area (Å²) in [5.74, 6) is 0.0793. The molecule has 20 heavy (non-hydrogen) atoms. The van der Waals surface area contributed by atoms with Gasteiger partial charge in [-0.3, -0.25) is 14.5 Å². The van der Waals surface area contributed by atoms with Crippen molar-refractivity contribution >= 4 is 23.2 Å². The first kappa shape index (κ1) is 14.2. The van der Waals surface area contributed by atoms with Crippen LogP contribution in [0.4, 0.5) is 11.4 Å². The number of nitrogens with two attached hydrogens (primary N) is 1. The van der Waals surface area contributed by atoms with Crippen LogP contribution in [0.1, 0.15) is 20.8 Å². The SMILES string of the molecule is CC(C)(C)NC(=O)CN1C(=O)COc2ccc(N)cc21. The number of hydrogen-bond acceptors (Lipinski definition) is 4. The van der Waals surface area contributed by atoms with E-state index in [9.17, 15) is 9.59 Å². The molecule has 6 heteroatoms. The number of nitrogen functional groups attached to an aromatic ring is 1. The summed E-state index contributed by atoms with van der Waals surface area (Å²) in [6.07, 6.45) is 0. The Bertz CT molecular complexity index is 549. The number of amides is 2. The number of rotatable bonds is 2. The Morgan fingerprint density at radius 2 is 2.15 bits per heavy atom. The summed E-state index contributed by atoms with van der Waals surface area (Å²) in [5.41, 5.74) is 6.44. The maximum Gasteiger partial charge on any atom is 0.265 e. The molecule has 0 aliphatic carbocycles. The van der Waals surface area contributed by atoms with Gasteiger partial charge in [-0.2, -0.15) is 0 Å². The molecule has 3 N–H and O–H groups in total. The number of carbonyl (C=O) groups excluding carboxylic acids is 2. The second kappa shape index (κ2) is 5.03. The van der Waals surface area contributed by atoms with E-state index in [2.05, 4.69) is 5.32 Å². The molecular formula is C14H19N3O3. The minimum atomic E-state index is -0.342. The molecule has 0 spiro atoms.